The Kier molecular flexibility index (Phi) is 5.39. The van der Waals surface area contributed by atoms with Crippen molar-refractivity contribution >= 4 is 12.0 Å². The molecule has 1 aliphatic carbocycles. The van der Waals surface area contributed by atoms with Crippen LogP contribution in [0.15, 0.2) is 12.2 Å². The van der Waals surface area contributed by atoms with Crippen LogP contribution in [0.25, 0.3) is 0 Å². The minimum absolute atomic E-state index is 0.383. The fourth-order valence-corrected chi connectivity index (χ4v) is 2.24. The lowest BCUT2D eigenvalue weighted by molar-refractivity contribution is -0.146. The monoisotopic (exact) mass is 268 g/mol. The largest absolute Gasteiger partial charge is 0.480 e. The molecule has 0 aromatic rings. The molecule has 0 saturated heterocycles. The highest BCUT2D eigenvalue weighted by atomic mass is 16.4. The van der Waals surface area contributed by atoms with E-state index >= 15 is 0 Å². The molecule has 5 heteroatoms. The van der Waals surface area contributed by atoms with E-state index < -0.39 is 17.5 Å². The lowest BCUT2D eigenvalue weighted by atomic mass is 9.77. The average molecular weight is 268 g/mol. The molecule has 2 amide bonds. The molecule has 0 aromatic carbocycles. The number of carboxylic acids is 1. The molecule has 0 atom stereocenters. The van der Waals surface area contributed by atoms with Gasteiger partial charge in [0.05, 0.1) is 0 Å². The predicted molar refractivity (Wildman–Crippen MR) is 74.0 cm³/mol. The molecule has 0 heterocycles. The lowest BCUT2D eigenvalue weighted by Gasteiger charge is -2.36. The molecule has 0 unspecified atom stereocenters. The highest BCUT2D eigenvalue weighted by molar-refractivity contribution is 5.86. The van der Waals surface area contributed by atoms with Gasteiger partial charge in [0.15, 0.2) is 0 Å². The van der Waals surface area contributed by atoms with Gasteiger partial charge >= 0.3 is 12.0 Å². The second kappa shape index (κ2) is 6.59. The molecule has 108 valence electrons. The van der Waals surface area contributed by atoms with Gasteiger partial charge in [0.25, 0.3) is 0 Å². The summed E-state index contributed by atoms with van der Waals surface area (Å²) in [6, 6.07) is -0.424. The quantitative estimate of drug-likeness (QED) is 0.669. The van der Waals surface area contributed by atoms with E-state index in [1.54, 1.807) is 0 Å². The maximum atomic E-state index is 11.8. The Morgan fingerprint density at radius 2 is 1.95 bits per heavy atom. The number of urea groups is 1. The van der Waals surface area contributed by atoms with Crippen LogP contribution in [0.3, 0.4) is 0 Å². The van der Waals surface area contributed by atoms with Gasteiger partial charge in [0.1, 0.15) is 5.54 Å². The van der Waals surface area contributed by atoms with Crippen LogP contribution in [0.1, 0.15) is 46.0 Å². The van der Waals surface area contributed by atoms with Crippen molar-refractivity contribution in [3.05, 3.63) is 12.2 Å². The fraction of sp³-hybridized carbons (Fsp3) is 0.714. The lowest BCUT2D eigenvalue weighted by Crippen LogP contribution is -2.58. The summed E-state index contributed by atoms with van der Waals surface area (Å²) in [5.41, 5.74) is -0.193. The first-order valence-corrected chi connectivity index (χ1v) is 6.85. The summed E-state index contributed by atoms with van der Waals surface area (Å²) < 4.78 is 0. The first-order valence-electron chi connectivity index (χ1n) is 6.85. The summed E-state index contributed by atoms with van der Waals surface area (Å²) >= 11 is 0. The number of carbonyl (C=O) groups is 2. The van der Waals surface area contributed by atoms with Crippen molar-refractivity contribution in [1.82, 2.24) is 10.6 Å². The van der Waals surface area contributed by atoms with Crippen molar-refractivity contribution in [2.24, 2.45) is 5.92 Å². The maximum absolute atomic E-state index is 11.8. The smallest absolute Gasteiger partial charge is 0.329 e. The third-order valence-corrected chi connectivity index (χ3v) is 3.89. The Labute approximate surface area is 114 Å². The third kappa shape index (κ3) is 4.26. The van der Waals surface area contributed by atoms with E-state index in [4.69, 9.17) is 0 Å². The van der Waals surface area contributed by atoms with Gasteiger partial charge in [-0.05, 0) is 38.0 Å². The zero-order valence-corrected chi connectivity index (χ0v) is 11.8. The molecule has 0 spiro atoms. The second-order valence-corrected chi connectivity index (χ2v) is 5.48. The van der Waals surface area contributed by atoms with Crippen molar-refractivity contribution in [3.8, 4) is 0 Å². The van der Waals surface area contributed by atoms with Crippen LogP contribution < -0.4 is 10.6 Å². The highest BCUT2D eigenvalue weighted by Gasteiger charge is 2.42. The Bertz CT molecular complexity index is 358. The van der Waals surface area contributed by atoms with E-state index in [9.17, 15) is 14.7 Å². The summed E-state index contributed by atoms with van der Waals surface area (Å²) in [5.74, 6) is -0.416. The minimum atomic E-state index is -1.11. The highest BCUT2D eigenvalue weighted by Crippen LogP contribution is 2.32. The normalized spacial score (nSPS) is 26.5. The number of aliphatic carboxylic acids is 1. The number of nitrogens with one attached hydrogen (secondary N) is 2. The minimum Gasteiger partial charge on any atom is -0.480 e. The van der Waals surface area contributed by atoms with Crippen LogP contribution in [-0.2, 0) is 4.79 Å². The summed E-state index contributed by atoms with van der Waals surface area (Å²) in [6.07, 6.45) is 3.43. The molecule has 1 aliphatic rings. The molecule has 1 saturated carbocycles. The second-order valence-electron chi connectivity index (χ2n) is 5.48. The fourth-order valence-electron chi connectivity index (χ4n) is 2.24. The van der Waals surface area contributed by atoms with Crippen molar-refractivity contribution in [2.45, 2.75) is 51.5 Å². The molecule has 0 bridgehead atoms. The number of carboxylic acid groups (broad SMARTS) is 1. The molecular formula is C14H24N2O3. The Morgan fingerprint density at radius 1 is 1.37 bits per heavy atom. The van der Waals surface area contributed by atoms with Crippen molar-refractivity contribution in [1.29, 1.82) is 0 Å². The summed E-state index contributed by atoms with van der Waals surface area (Å²) in [6.45, 7) is 8.25. The van der Waals surface area contributed by atoms with Crippen LogP contribution >= 0.6 is 0 Å². The van der Waals surface area contributed by atoms with Crippen LogP contribution in [0.2, 0.25) is 0 Å². The molecular weight excluding hydrogens is 244 g/mol. The molecule has 19 heavy (non-hydrogen) atoms. The Hall–Kier alpha value is -1.52. The zero-order valence-electron chi connectivity index (χ0n) is 11.8. The van der Waals surface area contributed by atoms with Crippen LogP contribution in [0.4, 0.5) is 4.79 Å². The van der Waals surface area contributed by atoms with Crippen molar-refractivity contribution in [3.63, 3.8) is 0 Å². The Balaban J connectivity index is 2.57. The van der Waals surface area contributed by atoms with Crippen LogP contribution in [0.5, 0.6) is 0 Å². The Morgan fingerprint density at radius 3 is 2.42 bits per heavy atom. The topological polar surface area (TPSA) is 78.4 Å². The van der Waals surface area contributed by atoms with Gasteiger partial charge < -0.3 is 15.7 Å². The average Bonchev–Trinajstić information content (AvgIpc) is 2.38. The number of hydrogen-bond donors (Lipinski definition) is 3. The molecule has 0 aliphatic heterocycles. The summed E-state index contributed by atoms with van der Waals surface area (Å²) in [5, 5.41) is 14.7. The van der Waals surface area contributed by atoms with Crippen LogP contribution in [0, 0.1) is 5.92 Å². The number of amides is 2. The van der Waals surface area contributed by atoms with Gasteiger partial charge in [-0.15, -0.1) is 0 Å². The van der Waals surface area contributed by atoms with E-state index in [1.165, 1.54) is 0 Å². The van der Waals surface area contributed by atoms with Gasteiger partial charge in [-0.1, -0.05) is 26.0 Å². The molecule has 5 nitrogen and oxygen atoms in total. The summed E-state index contributed by atoms with van der Waals surface area (Å²) in [7, 11) is 0. The van der Waals surface area contributed by atoms with Gasteiger partial charge in [0, 0.05) is 6.54 Å². The molecule has 1 fully saturated rings. The van der Waals surface area contributed by atoms with Gasteiger partial charge in [-0.25, -0.2) is 9.59 Å². The molecule has 1 rings (SSSR count). The summed E-state index contributed by atoms with van der Waals surface area (Å²) in [4.78, 5) is 23.2. The standard InChI is InChI=1S/C14H24N2O3/c1-4-10(2)9-15-13(19)16-14(12(17)18)7-5-11(3)6-8-14/h11H,2,4-9H2,1,3H3,(H,17,18)(H2,15,16,19). The van der Waals surface area contributed by atoms with Gasteiger partial charge in [0.2, 0.25) is 0 Å². The first kappa shape index (κ1) is 15.5. The number of carbonyl (C=O) groups excluding carboxylic acids is 1. The molecule has 3 N–H and O–H groups in total. The van der Waals surface area contributed by atoms with Gasteiger partial charge in [-0.2, -0.15) is 0 Å². The van der Waals surface area contributed by atoms with Gasteiger partial charge in [-0.3, -0.25) is 0 Å². The van der Waals surface area contributed by atoms with Crippen molar-refractivity contribution < 1.29 is 14.7 Å². The number of hydrogen-bond acceptors (Lipinski definition) is 2. The number of rotatable bonds is 5. The van der Waals surface area contributed by atoms with E-state index in [-0.39, 0.29) is 0 Å². The maximum Gasteiger partial charge on any atom is 0.329 e. The van der Waals surface area contributed by atoms with E-state index in [2.05, 4.69) is 24.1 Å². The zero-order chi connectivity index (χ0) is 14.5. The molecule has 0 aromatic heterocycles. The van der Waals surface area contributed by atoms with E-state index in [1.807, 2.05) is 6.92 Å². The van der Waals surface area contributed by atoms with Crippen molar-refractivity contribution in [2.75, 3.05) is 6.54 Å². The van der Waals surface area contributed by atoms with E-state index in [0.29, 0.717) is 25.3 Å². The van der Waals surface area contributed by atoms with E-state index in [0.717, 1.165) is 24.8 Å². The first-order chi connectivity index (χ1) is 8.89. The van der Waals surface area contributed by atoms with Crippen LogP contribution in [-0.4, -0.2) is 29.2 Å². The SMILES string of the molecule is C=C(CC)CNC(=O)NC1(C(=O)O)CCC(C)CC1. The third-order valence-electron chi connectivity index (χ3n) is 3.89. The predicted octanol–water partition coefficient (Wildman–Crippen LogP) is 2.29. The molecule has 0 radical (unpaired) electrons.